The third-order valence-corrected chi connectivity index (χ3v) is 2.81. The number of nitrogens with zero attached hydrogens (tertiary/aromatic N) is 1. The first kappa shape index (κ1) is 9.96. The van der Waals surface area contributed by atoms with Gasteiger partial charge in [-0.25, -0.2) is 0 Å². The first-order chi connectivity index (χ1) is 7.20. The van der Waals surface area contributed by atoms with Crippen LogP contribution in [0.25, 0.3) is 0 Å². The summed E-state index contributed by atoms with van der Waals surface area (Å²) in [5.74, 6) is 1.05. The normalized spacial score (nSPS) is 23.5. The van der Waals surface area contributed by atoms with Crippen LogP contribution in [0.4, 0.5) is 0 Å². The van der Waals surface area contributed by atoms with Gasteiger partial charge in [0.1, 0.15) is 5.75 Å². The molecule has 4 heteroatoms. The van der Waals surface area contributed by atoms with Crippen LogP contribution in [0.3, 0.4) is 0 Å². The van der Waals surface area contributed by atoms with Crippen molar-refractivity contribution in [2.45, 2.75) is 18.9 Å². The predicted molar refractivity (Wildman–Crippen MR) is 55.6 cm³/mol. The van der Waals surface area contributed by atoms with E-state index in [2.05, 4.69) is 0 Å². The van der Waals surface area contributed by atoms with Crippen LogP contribution in [0, 0.1) is 16.0 Å². The SMILES string of the molecule is COc1ccc(C[C@@H]2C[C@@H]2[N+](=O)[O-])cc1. The lowest BCUT2D eigenvalue weighted by atomic mass is 10.1. The van der Waals surface area contributed by atoms with Crippen LogP contribution >= 0.6 is 0 Å². The highest BCUT2D eigenvalue weighted by Gasteiger charge is 2.47. The molecule has 80 valence electrons. The van der Waals surface area contributed by atoms with Crippen LogP contribution in [-0.4, -0.2) is 18.1 Å². The Labute approximate surface area is 88.0 Å². The van der Waals surface area contributed by atoms with Gasteiger partial charge in [0.05, 0.1) is 7.11 Å². The average Bonchev–Trinajstić information content (AvgIpc) is 2.98. The van der Waals surface area contributed by atoms with Crippen molar-refractivity contribution in [1.29, 1.82) is 0 Å². The van der Waals surface area contributed by atoms with Crippen molar-refractivity contribution in [2.75, 3.05) is 7.11 Å². The Morgan fingerprint density at radius 2 is 2.13 bits per heavy atom. The minimum absolute atomic E-state index is 0.172. The molecule has 0 N–H and O–H groups in total. The van der Waals surface area contributed by atoms with Gasteiger partial charge in [0.25, 0.3) is 0 Å². The maximum absolute atomic E-state index is 10.4. The molecule has 1 aliphatic rings. The van der Waals surface area contributed by atoms with Gasteiger partial charge in [-0.05, 0) is 24.1 Å². The zero-order chi connectivity index (χ0) is 10.8. The number of ether oxygens (including phenoxy) is 1. The average molecular weight is 207 g/mol. The molecule has 15 heavy (non-hydrogen) atoms. The van der Waals surface area contributed by atoms with Gasteiger partial charge in [0.2, 0.25) is 6.04 Å². The van der Waals surface area contributed by atoms with E-state index < -0.39 is 0 Å². The Kier molecular flexibility index (Phi) is 2.58. The van der Waals surface area contributed by atoms with E-state index in [4.69, 9.17) is 4.74 Å². The van der Waals surface area contributed by atoms with Crippen LogP contribution in [0.5, 0.6) is 5.75 Å². The highest BCUT2D eigenvalue weighted by atomic mass is 16.6. The van der Waals surface area contributed by atoms with Gasteiger partial charge in [-0.3, -0.25) is 10.1 Å². The summed E-state index contributed by atoms with van der Waals surface area (Å²) in [5, 5.41) is 10.4. The minimum Gasteiger partial charge on any atom is -0.497 e. The van der Waals surface area contributed by atoms with E-state index in [1.807, 2.05) is 24.3 Å². The maximum atomic E-state index is 10.4. The van der Waals surface area contributed by atoms with E-state index in [1.165, 1.54) is 0 Å². The molecule has 1 fully saturated rings. The lowest BCUT2D eigenvalue weighted by Gasteiger charge is -2.01. The van der Waals surface area contributed by atoms with Crippen molar-refractivity contribution >= 4 is 0 Å². The van der Waals surface area contributed by atoms with Crippen molar-refractivity contribution in [3.8, 4) is 5.75 Å². The fourth-order valence-corrected chi connectivity index (χ4v) is 1.77. The largest absolute Gasteiger partial charge is 0.497 e. The molecule has 0 saturated heterocycles. The summed E-state index contributed by atoms with van der Waals surface area (Å²) in [6.07, 6.45) is 1.52. The molecular weight excluding hydrogens is 194 g/mol. The molecule has 0 aliphatic heterocycles. The molecule has 1 aliphatic carbocycles. The van der Waals surface area contributed by atoms with Crippen LogP contribution in [-0.2, 0) is 6.42 Å². The Morgan fingerprint density at radius 3 is 2.60 bits per heavy atom. The molecule has 2 atom stereocenters. The molecule has 1 saturated carbocycles. The van der Waals surface area contributed by atoms with Gasteiger partial charge in [0, 0.05) is 17.3 Å². The summed E-state index contributed by atoms with van der Waals surface area (Å²) in [5.41, 5.74) is 1.14. The summed E-state index contributed by atoms with van der Waals surface area (Å²) in [4.78, 5) is 10.3. The lowest BCUT2D eigenvalue weighted by molar-refractivity contribution is -0.498. The van der Waals surface area contributed by atoms with Gasteiger partial charge in [0.15, 0.2) is 0 Å². The number of nitro groups is 1. The highest BCUT2D eigenvalue weighted by molar-refractivity contribution is 5.27. The summed E-state index contributed by atoms with van der Waals surface area (Å²) in [6.45, 7) is 0. The van der Waals surface area contributed by atoms with Gasteiger partial charge in [-0.1, -0.05) is 12.1 Å². The summed E-state index contributed by atoms with van der Waals surface area (Å²) in [7, 11) is 1.62. The van der Waals surface area contributed by atoms with Crippen molar-refractivity contribution in [1.82, 2.24) is 0 Å². The first-order valence-electron chi connectivity index (χ1n) is 4.97. The Morgan fingerprint density at radius 1 is 1.47 bits per heavy atom. The van der Waals surface area contributed by atoms with E-state index in [0.717, 1.165) is 24.2 Å². The van der Waals surface area contributed by atoms with Gasteiger partial charge < -0.3 is 4.74 Å². The summed E-state index contributed by atoms with van der Waals surface area (Å²) >= 11 is 0. The standard InChI is InChI=1S/C11H13NO3/c1-15-10-4-2-8(3-5-10)6-9-7-11(9)12(13)14/h2-5,9,11H,6-7H2,1H3/t9-,11+/m1/s1. The molecule has 1 aromatic carbocycles. The minimum atomic E-state index is -0.313. The Hall–Kier alpha value is -1.58. The first-order valence-corrected chi connectivity index (χ1v) is 4.97. The number of hydrogen-bond acceptors (Lipinski definition) is 3. The number of benzene rings is 1. The molecule has 2 rings (SSSR count). The van der Waals surface area contributed by atoms with E-state index in [-0.39, 0.29) is 16.9 Å². The van der Waals surface area contributed by atoms with Crippen LogP contribution in [0.2, 0.25) is 0 Å². The third kappa shape index (κ3) is 2.26. The molecule has 0 heterocycles. The van der Waals surface area contributed by atoms with Crippen LogP contribution in [0.1, 0.15) is 12.0 Å². The molecular formula is C11H13NO3. The van der Waals surface area contributed by atoms with Crippen molar-refractivity contribution < 1.29 is 9.66 Å². The molecule has 0 radical (unpaired) electrons. The van der Waals surface area contributed by atoms with Crippen molar-refractivity contribution in [2.24, 2.45) is 5.92 Å². The zero-order valence-corrected chi connectivity index (χ0v) is 8.55. The van der Waals surface area contributed by atoms with Crippen LogP contribution in [0.15, 0.2) is 24.3 Å². The highest BCUT2D eigenvalue weighted by Crippen LogP contribution is 2.36. The molecule has 4 nitrogen and oxygen atoms in total. The summed E-state index contributed by atoms with van der Waals surface area (Å²) < 4.78 is 5.04. The van der Waals surface area contributed by atoms with Gasteiger partial charge in [-0.2, -0.15) is 0 Å². The number of methoxy groups -OCH3 is 1. The maximum Gasteiger partial charge on any atom is 0.217 e. The fourth-order valence-electron chi connectivity index (χ4n) is 1.77. The van der Waals surface area contributed by atoms with Crippen molar-refractivity contribution in [3.63, 3.8) is 0 Å². The topological polar surface area (TPSA) is 52.4 Å². The van der Waals surface area contributed by atoms with Crippen LogP contribution < -0.4 is 4.74 Å². The Balaban J connectivity index is 1.92. The Bertz CT molecular complexity index is 361. The van der Waals surface area contributed by atoms with Gasteiger partial charge >= 0.3 is 0 Å². The van der Waals surface area contributed by atoms with E-state index >= 15 is 0 Å². The zero-order valence-electron chi connectivity index (χ0n) is 8.55. The number of rotatable bonds is 4. The lowest BCUT2D eigenvalue weighted by Crippen LogP contribution is -2.04. The monoisotopic (exact) mass is 207 g/mol. The third-order valence-electron chi connectivity index (χ3n) is 2.81. The molecule has 0 aromatic heterocycles. The second kappa shape index (κ2) is 3.88. The molecule has 0 amide bonds. The fraction of sp³-hybridized carbons (Fsp3) is 0.455. The second-order valence-electron chi connectivity index (χ2n) is 3.90. The molecule has 0 bridgehead atoms. The molecule has 0 unspecified atom stereocenters. The molecule has 0 spiro atoms. The number of hydrogen-bond donors (Lipinski definition) is 0. The second-order valence-corrected chi connectivity index (χ2v) is 3.90. The van der Waals surface area contributed by atoms with E-state index in [0.29, 0.717) is 0 Å². The van der Waals surface area contributed by atoms with Crippen molar-refractivity contribution in [3.05, 3.63) is 39.9 Å². The smallest absolute Gasteiger partial charge is 0.217 e. The molecule has 1 aromatic rings. The van der Waals surface area contributed by atoms with E-state index in [9.17, 15) is 10.1 Å². The van der Waals surface area contributed by atoms with E-state index in [1.54, 1.807) is 7.11 Å². The quantitative estimate of drug-likeness (QED) is 0.559. The van der Waals surface area contributed by atoms with Gasteiger partial charge in [-0.15, -0.1) is 0 Å². The summed E-state index contributed by atoms with van der Waals surface area (Å²) in [6, 6.07) is 7.40. The predicted octanol–water partition coefficient (Wildman–Crippen LogP) is 1.90.